The van der Waals surface area contributed by atoms with Gasteiger partial charge in [0.15, 0.2) is 0 Å². The molecule has 2 N–H and O–H groups in total. The number of aromatic nitrogens is 2. The maximum absolute atomic E-state index is 5.89. The van der Waals surface area contributed by atoms with Crippen LogP contribution in [0.3, 0.4) is 0 Å². The van der Waals surface area contributed by atoms with Gasteiger partial charge in [0.2, 0.25) is 0 Å². The summed E-state index contributed by atoms with van der Waals surface area (Å²) in [7, 11) is 3.67. The fourth-order valence-electron chi connectivity index (χ4n) is 1.20. The Morgan fingerprint density at radius 2 is 2.46 bits per heavy atom. The van der Waals surface area contributed by atoms with Crippen LogP contribution in [0.4, 0.5) is 0 Å². The number of nitrogens with two attached hydrogens (primary N) is 1. The number of aryl methyl sites for hydroxylation is 1. The molecule has 0 amide bonds. The van der Waals surface area contributed by atoms with Gasteiger partial charge in [-0.1, -0.05) is 0 Å². The quantitative estimate of drug-likeness (QED) is 0.715. The van der Waals surface area contributed by atoms with Gasteiger partial charge in [0.25, 0.3) is 0 Å². The van der Waals surface area contributed by atoms with Crippen molar-refractivity contribution in [2.24, 2.45) is 12.8 Å². The summed E-state index contributed by atoms with van der Waals surface area (Å²) in [5, 5.41) is 0. The fourth-order valence-corrected chi connectivity index (χ4v) is 1.20. The van der Waals surface area contributed by atoms with E-state index in [1.54, 1.807) is 13.3 Å². The molecule has 1 heterocycles. The lowest BCUT2D eigenvalue weighted by molar-refractivity contribution is 0.187. The van der Waals surface area contributed by atoms with Gasteiger partial charge >= 0.3 is 0 Å². The average molecular weight is 183 g/mol. The van der Waals surface area contributed by atoms with Crippen LogP contribution in [0.2, 0.25) is 0 Å². The molecule has 4 nitrogen and oxygen atoms in total. The molecule has 0 fully saturated rings. The summed E-state index contributed by atoms with van der Waals surface area (Å²) in [6.07, 6.45) is 5.41. The summed E-state index contributed by atoms with van der Waals surface area (Å²) in [5.41, 5.74) is 5.89. The Morgan fingerprint density at radius 1 is 1.69 bits per heavy atom. The van der Waals surface area contributed by atoms with Crippen LogP contribution < -0.4 is 5.73 Å². The van der Waals surface area contributed by atoms with Crippen molar-refractivity contribution in [2.75, 3.05) is 13.7 Å². The molecule has 0 aliphatic rings. The summed E-state index contributed by atoms with van der Waals surface area (Å²) in [5.74, 6) is 1.03. The zero-order chi connectivity index (χ0) is 9.68. The first-order chi connectivity index (χ1) is 6.24. The minimum atomic E-state index is 0.140. The van der Waals surface area contributed by atoms with Crippen LogP contribution in [0.5, 0.6) is 0 Å². The van der Waals surface area contributed by atoms with Crippen molar-refractivity contribution in [3.05, 3.63) is 18.2 Å². The molecule has 0 radical (unpaired) electrons. The van der Waals surface area contributed by atoms with Crippen LogP contribution in [0.1, 0.15) is 12.2 Å². The molecule has 0 saturated carbocycles. The molecule has 0 saturated heterocycles. The predicted molar refractivity (Wildman–Crippen MR) is 51.4 cm³/mol. The molecule has 13 heavy (non-hydrogen) atoms. The van der Waals surface area contributed by atoms with Gasteiger partial charge in [-0.2, -0.15) is 0 Å². The molecule has 1 unspecified atom stereocenters. The zero-order valence-corrected chi connectivity index (χ0v) is 8.23. The number of ether oxygens (including phenoxy) is 1. The average Bonchev–Trinajstić information content (AvgIpc) is 2.48. The lowest BCUT2D eigenvalue weighted by Crippen LogP contribution is -2.25. The lowest BCUT2D eigenvalue weighted by Gasteiger charge is -2.10. The fraction of sp³-hybridized carbons (Fsp3) is 0.667. The van der Waals surface area contributed by atoms with Gasteiger partial charge in [0.1, 0.15) is 5.82 Å². The molecule has 1 rings (SSSR count). The Balaban J connectivity index is 2.36. The van der Waals surface area contributed by atoms with E-state index in [2.05, 4.69) is 4.98 Å². The first kappa shape index (κ1) is 10.2. The van der Waals surface area contributed by atoms with Crippen LogP contribution in [-0.4, -0.2) is 29.3 Å². The minimum Gasteiger partial charge on any atom is -0.385 e. The van der Waals surface area contributed by atoms with Gasteiger partial charge < -0.3 is 15.0 Å². The van der Waals surface area contributed by atoms with E-state index < -0.39 is 0 Å². The van der Waals surface area contributed by atoms with Crippen molar-refractivity contribution in [1.29, 1.82) is 0 Å². The molecule has 74 valence electrons. The highest BCUT2D eigenvalue weighted by atomic mass is 16.5. The number of hydrogen-bond acceptors (Lipinski definition) is 3. The summed E-state index contributed by atoms with van der Waals surface area (Å²) in [6, 6.07) is 0.140. The van der Waals surface area contributed by atoms with Gasteiger partial charge in [0, 0.05) is 45.6 Å². The zero-order valence-electron chi connectivity index (χ0n) is 8.23. The van der Waals surface area contributed by atoms with E-state index in [4.69, 9.17) is 10.5 Å². The predicted octanol–water partition coefficient (Wildman–Crippen LogP) is 0.326. The van der Waals surface area contributed by atoms with Crippen molar-refractivity contribution in [3.8, 4) is 0 Å². The van der Waals surface area contributed by atoms with Crippen molar-refractivity contribution in [2.45, 2.75) is 18.9 Å². The normalized spacial score (nSPS) is 13.2. The highest BCUT2D eigenvalue weighted by molar-refractivity contribution is 4.93. The topological polar surface area (TPSA) is 53.1 Å². The molecule has 1 aromatic rings. The molecular weight excluding hydrogens is 166 g/mol. The van der Waals surface area contributed by atoms with E-state index in [0.29, 0.717) is 6.61 Å². The van der Waals surface area contributed by atoms with E-state index >= 15 is 0 Å². The maximum Gasteiger partial charge on any atom is 0.109 e. The van der Waals surface area contributed by atoms with Crippen molar-refractivity contribution >= 4 is 0 Å². The van der Waals surface area contributed by atoms with Gasteiger partial charge in [-0.15, -0.1) is 0 Å². The summed E-state index contributed by atoms with van der Waals surface area (Å²) >= 11 is 0. The van der Waals surface area contributed by atoms with Gasteiger partial charge in [-0.3, -0.25) is 0 Å². The highest BCUT2D eigenvalue weighted by Crippen LogP contribution is 2.00. The molecule has 0 aliphatic carbocycles. The Bertz CT molecular complexity index is 247. The second-order valence-corrected chi connectivity index (χ2v) is 3.20. The Hall–Kier alpha value is -0.870. The molecule has 4 heteroatoms. The molecule has 0 aliphatic heterocycles. The Morgan fingerprint density at radius 3 is 3.00 bits per heavy atom. The standard InChI is InChI=1S/C9H17N3O/c1-12-5-4-11-9(12)7-8(10)3-6-13-2/h4-5,8H,3,6-7,10H2,1-2H3. The summed E-state index contributed by atoms with van der Waals surface area (Å²) < 4.78 is 6.95. The van der Waals surface area contributed by atoms with Gasteiger partial charge in [-0.05, 0) is 6.42 Å². The number of nitrogens with zero attached hydrogens (tertiary/aromatic N) is 2. The second-order valence-electron chi connectivity index (χ2n) is 3.20. The second kappa shape index (κ2) is 4.99. The van der Waals surface area contributed by atoms with Crippen molar-refractivity contribution in [1.82, 2.24) is 9.55 Å². The van der Waals surface area contributed by atoms with E-state index in [9.17, 15) is 0 Å². The molecule has 1 atom stereocenters. The molecular formula is C9H17N3O. The van der Waals surface area contributed by atoms with E-state index in [-0.39, 0.29) is 6.04 Å². The van der Waals surface area contributed by atoms with E-state index in [1.165, 1.54) is 0 Å². The monoisotopic (exact) mass is 183 g/mol. The number of imidazole rings is 1. The minimum absolute atomic E-state index is 0.140. The first-order valence-corrected chi connectivity index (χ1v) is 4.44. The molecule has 0 spiro atoms. The first-order valence-electron chi connectivity index (χ1n) is 4.44. The van der Waals surface area contributed by atoms with Gasteiger partial charge in [-0.25, -0.2) is 4.98 Å². The third-order valence-corrected chi connectivity index (χ3v) is 2.06. The van der Waals surface area contributed by atoms with Crippen LogP contribution in [-0.2, 0) is 18.2 Å². The Kier molecular flexibility index (Phi) is 3.92. The molecule has 0 aromatic carbocycles. The van der Waals surface area contributed by atoms with Crippen LogP contribution in [0.15, 0.2) is 12.4 Å². The van der Waals surface area contributed by atoms with Crippen LogP contribution in [0, 0.1) is 0 Å². The summed E-state index contributed by atoms with van der Waals surface area (Å²) in [4.78, 5) is 4.21. The third-order valence-electron chi connectivity index (χ3n) is 2.06. The maximum atomic E-state index is 5.89. The van der Waals surface area contributed by atoms with Crippen molar-refractivity contribution < 1.29 is 4.74 Å². The molecule has 1 aromatic heterocycles. The van der Waals surface area contributed by atoms with Crippen LogP contribution in [0.25, 0.3) is 0 Å². The third kappa shape index (κ3) is 3.16. The number of hydrogen-bond donors (Lipinski definition) is 1. The SMILES string of the molecule is COCCC(N)Cc1nccn1C. The lowest BCUT2D eigenvalue weighted by atomic mass is 10.1. The molecule has 0 bridgehead atoms. The van der Waals surface area contributed by atoms with E-state index in [1.807, 2.05) is 17.8 Å². The van der Waals surface area contributed by atoms with Crippen molar-refractivity contribution in [3.63, 3.8) is 0 Å². The number of rotatable bonds is 5. The highest BCUT2D eigenvalue weighted by Gasteiger charge is 2.06. The number of methoxy groups -OCH3 is 1. The van der Waals surface area contributed by atoms with E-state index in [0.717, 1.165) is 18.7 Å². The Labute approximate surface area is 78.7 Å². The smallest absolute Gasteiger partial charge is 0.109 e. The summed E-state index contributed by atoms with van der Waals surface area (Å²) in [6.45, 7) is 0.714. The van der Waals surface area contributed by atoms with Crippen LogP contribution >= 0.6 is 0 Å². The van der Waals surface area contributed by atoms with Gasteiger partial charge in [0.05, 0.1) is 0 Å². The largest absolute Gasteiger partial charge is 0.385 e.